The second-order valence-electron chi connectivity index (χ2n) is 15.2. The van der Waals surface area contributed by atoms with E-state index in [2.05, 4.69) is 127 Å². The summed E-state index contributed by atoms with van der Waals surface area (Å²) in [5.41, 5.74) is 9.61. The van der Waals surface area contributed by atoms with Gasteiger partial charge in [-0.05, 0) is 83.5 Å². The van der Waals surface area contributed by atoms with E-state index in [1.54, 1.807) is 0 Å². The summed E-state index contributed by atoms with van der Waals surface area (Å²) in [5, 5.41) is 0. The minimum absolute atomic E-state index is 0.0525. The summed E-state index contributed by atoms with van der Waals surface area (Å²) in [6.45, 7) is 19.4. The van der Waals surface area contributed by atoms with Gasteiger partial charge < -0.3 is 8.85 Å². The molecule has 0 bridgehead atoms. The Morgan fingerprint density at radius 2 is 0.771 bits per heavy atom. The molecule has 0 saturated heterocycles. The lowest BCUT2D eigenvalue weighted by molar-refractivity contribution is -0.108. The summed E-state index contributed by atoms with van der Waals surface area (Å²) in [6.07, 6.45) is 0. The third-order valence-electron chi connectivity index (χ3n) is 8.87. The Hall–Kier alpha value is -3.62. The van der Waals surface area contributed by atoms with E-state index in [0.717, 1.165) is 67.8 Å². The number of rotatable bonds is 14. The molecule has 0 aromatic heterocycles. The van der Waals surface area contributed by atoms with Gasteiger partial charge in [-0.3, -0.25) is 4.79 Å². The van der Waals surface area contributed by atoms with Crippen LogP contribution in [0.2, 0.25) is 38.3 Å². The first-order valence-electron chi connectivity index (χ1n) is 17.4. The van der Waals surface area contributed by atoms with Crippen LogP contribution in [0.5, 0.6) is 0 Å². The fraction of sp³-hybridized carbons (Fsp3) is 0.326. The molecule has 0 heterocycles. The molecule has 0 spiro atoms. The first-order chi connectivity index (χ1) is 22.8. The summed E-state index contributed by atoms with van der Waals surface area (Å²) in [6, 6.07) is 39.8. The van der Waals surface area contributed by atoms with Gasteiger partial charge in [0.05, 0.1) is 13.2 Å². The number of benzene rings is 4. The molecule has 1 aliphatic rings. The Kier molecular flexibility index (Phi) is 11.4. The minimum Gasteiger partial charge on any atom is -0.413 e. The van der Waals surface area contributed by atoms with Crippen molar-refractivity contribution in [1.29, 1.82) is 0 Å². The molecular weight excluding hydrogens is 621 g/mol. The minimum atomic E-state index is -1.75. The topological polar surface area (TPSA) is 35.5 Å². The van der Waals surface area contributed by atoms with Crippen molar-refractivity contribution in [1.82, 2.24) is 0 Å². The van der Waals surface area contributed by atoms with E-state index in [0.29, 0.717) is 25.0 Å². The van der Waals surface area contributed by atoms with Crippen LogP contribution >= 0.6 is 0 Å². The number of allylic oxidation sites excluding steroid dienone is 4. The maximum Gasteiger partial charge on any atom is 0.195 e. The van der Waals surface area contributed by atoms with Crippen LogP contribution in [0.15, 0.2) is 109 Å². The lowest BCUT2D eigenvalue weighted by Gasteiger charge is -2.24. The van der Waals surface area contributed by atoms with E-state index in [9.17, 15) is 4.79 Å². The molecule has 0 aliphatic heterocycles. The predicted molar refractivity (Wildman–Crippen MR) is 208 cm³/mol. The maximum atomic E-state index is 14.8. The van der Waals surface area contributed by atoms with Crippen molar-refractivity contribution in [3.8, 4) is 0 Å². The molecule has 0 amide bonds. The van der Waals surface area contributed by atoms with E-state index < -0.39 is 16.6 Å². The van der Waals surface area contributed by atoms with Gasteiger partial charge in [0.2, 0.25) is 0 Å². The first-order valence-corrected chi connectivity index (χ1v) is 23.7. The molecule has 1 aliphatic carbocycles. The van der Waals surface area contributed by atoms with Crippen LogP contribution in [0.25, 0.3) is 22.3 Å². The van der Waals surface area contributed by atoms with Crippen molar-refractivity contribution in [3.63, 3.8) is 0 Å². The normalized spacial score (nSPS) is 14.2. The Bertz CT molecular complexity index is 1620. The Morgan fingerprint density at radius 1 is 0.458 bits per heavy atom. The highest BCUT2D eigenvalue weighted by Crippen LogP contribution is 2.49. The van der Waals surface area contributed by atoms with Gasteiger partial charge in [0, 0.05) is 22.3 Å². The van der Waals surface area contributed by atoms with Gasteiger partial charge in [-0.2, -0.15) is 0 Å². The molecule has 0 saturated carbocycles. The van der Waals surface area contributed by atoms with Crippen molar-refractivity contribution in [2.24, 2.45) is 11.8 Å². The second-order valence-corrected chi connectivity index (χ2v) is 23.7. The number of Topliss-reactive ketones (excluding diaryl/α,β-unsaturated/α-hetero) is 1. The summed E-state index contributed by atoms with van der Waals surface area (Å²) in [4.78, 5) is 14.8. The van der Waals surface area contributed by atoms with Crippen molar-refractivity contribution >= 4 is 44.7 Å². The average Bonchev–Trinajstić information content (AvgIpc) is 3.35. The van der Waals surface area contributed by atoms with Gasteiger partial charge in [-0.1, -0.05) is 137 Å². The van der Waals surface area contributed by atoms with Crippen molar-refractivity contribution in [2.45, 2.75) is 79.2 Å². The fourth-order valence-electron chi connectivity index (χ4n) is 7.12. The Labute approximate surface area is 291 Å². The number of hydrogen-bond acceptors (Lipinski definition) is 3. The van der Waals surface area contributed by atoms with Crippen molar-refractivity contribution in [2.75, 3.05) is 0 Å². The molecule has 3 nitrogen and oxygen atoms in total. The van der Waals surface area contributed by atoms with Gasteiger partial charge in [0.1, 0.15) is 0 Å². The summed E-state index contributed by atoms with van der Waals surface area (Å²) in [7, 11) is -3.50. The van der Waals surface area contributed by atoms with E-state index in [-0.39, 0.29) is 5.78 Å². The smallest absolute Gasteiger partial charge is 0.195 e. The molecule has 0 atom stereocenters. The van der Waals surface area contributed by atoms with Crippen LogP contribution in [-0.4, -0.2) is 22.4 Å². The molecule has 48 heavy (non-hydrogen) atoms. The van der Waals surface area contributed by atoms with Gasteiger partial charge in [0.25, 0.3) is 0 Å². The highest BCUT2D eigenvalue weighted by molar-refractivity contribution is 6.71. The van der Waals surface area contributed by atoms with Crippen molar-refractivity contribution in [3.05, 3.63) is 143 Å². The summed E-state index contributed by atoms with van der Waals surface area (Å²) >= 11 is 0. The molecule has 0 N–H and O–H groups in total. The van der Waals surface area contributed by atoms with Crippen LogP contribution in [0.1, 0.15) is 61.1 Å². The monoisotopic (exact) mass is 672 g/mol. The zero-order valence-corrected chi connectivity index (χ0v) is 32.1. The van der Waals surface area contributed by atoms with Crippen LogP contribution in [-0.2, 0) is 26.9 Å². The molecule has 4 aromatic rings. The number of carbonyl (C=O) groups is 1. The molecule has 0 fully saturated rings. The van der Waals surface area contributed by atoms with Crippen LogP contribution in [0, 0.1) is 11.8 Å². The van der Waals surface area contributed by atoms with Gasteiger partial charge >= 0.3 is 0 Å². The molecule has 5 heteroatoms. The SMILES string of the molecule is CC(C)C[Si](C)(C)OCc1ccc(C2=C(c3ccccc3)C(c3ccccc3)=C(c3ccc(CO[Si](C)(C)CC(C)C)cc3)C2=O)cc1. The number of hydrogen-bond donors (Lipinski definition) is 0. The zero-order valence-electron chi connectivity index (χ0n) is 30.1. The summed E-state index contributed by atoms with van der Waals surface area (Å²) < 4.78 is 12.9. The molecule has 4 aromatic carbocycles. The third kappa shape index (κ3) is 8.89. The zero-order chi connectivity index (χ0) is 34.5. The van der Waals surface area contributed by atoms with Crippen molar-refractivity contribution < 1.29 is 13.6 Å². The largest absolute Gasteiger partial charge is 0.413 e. The fourth-order valence-corrected chi connectivity index (χ4v) is 12.4. The maximum absolute atomic E-state index is 14.8. The molecule has 5 rings (SSSR count). The Morgan fingerprint density at radius 3 is 1.08 bits per heavy atom. The quantitative estimate of drug-likeness (QED) is 0.125. The van der Waals surface area contributed by atoms with E-state index in [4.69, 9.17) is 8.85 Å². The third-order valence-corrected chi connectivity index (χ3v) is 14.3. The highest BCUT2D eigenvalue weighted by atomic mass is 28.4. The van der Waals surface area contributed by atoms with Crippen LogP contribution in [0.4, 0.5) is 0 Å². The van der Waals surface area contributed by atoms with Crippen LogP contribution < -0.4 is 0 Å². The summed E-state index contributed by atoms with van der Waals surface area (Å²) in [5.74, 6) is 1.30. The van der Waals surface area contributed by atoms with Crippen LogP contribution in [0.3, 0.4) is 0 Å². The van der Waals surface area contributed by atoms with Gasteiger partial charge in [-0.25, -0.2) is 0 Å². The predicted octanol–water partition coefficient (Wildman–Crippen LogP) is 11.5. The number of ketones is 1. The standard InChI is InChI=1S/C43H52O3Si2/c1-31(2)29-47(5,6)45-27-33-19-23-37(24-20-33)41-39(35-15-11-9-12-16-35)40(36-17-13-10-14-18-36)42(43(41)44)38-25-21-34(22-26-38)28-46-48(7,8)30-32(3)4/h9-26,31-32H,27-30H2,1-8H3. The molecule has 0 unspecified atom stereocenters. The molecule has 0 radical (unpaired) electrons. The second kappa shape index (κ2) is 15.3. The number of carbonyl (C=O) groups excluding carboxylic acids is 1. The average molecular weight is 673 g/mol. The van der Waals surface area contributed by atoms with Gasteiger partial charge in [-0.15, -0.1) is 0 Å². The molecule has 250 valence electrons. The lowest BCUT2D eigenvalue weighted by atomic mass is 9.89. The Balaban J connectivity index is 1.54. The van der Waals surface area contributed by atoms with E-state index in [1.807, 2.05) is 36.4 Å². The first kappa shape index (κ1) is 35.7. The highest BCUT2D eigenvalue weighted by Gasteiger charge is 2.35. The lowest BCUT2D eigenvalue weighted by Crippen LogP contribution is -2.31. The van der Waals surface area contributed by atoms with E-state index in [1.165, 1.54) is 0 Å². The van der Waals surface area contributed by atoms with Gasteiger partial charge in [0.15, 0.2) is 22.4 Å². The molecular formula is C43H52O3Si2. The van der Waals surface area contributed by atoms with E-state index >= 15 is 0 Å².